The Labute approximate surface area is 153 Å². The van der Waals surface area contributed by atoms with Crippen molar-refractivity contribution in [2.24, 2.45) is 0 Å². The molecule has 1 heterocycles. The maximum Gasteiger partial charge on any atom is 0.241 e. The molecule has 1 aromatic carbocycles. The number of nitrogens with one attached hydrogen (secondary N) is 1. The summed E-state index contributed by atoms with van der Waals surface area (Å²) in [6.45, 7) is 1.77. The monoisotopic (exact) mass is 380 g/mol. The van der Waals surface area contributed by atoms with Crippen LogP contribution in [0.15, 0.2) is 47.5 Å². The number of benzene rings is 1. The molecule has 0 aliphatic heterocycles. The second kappa shape index (κ2) is 7.72. The predicted octanol–water partition coefficient (Wildman–Crippen LogP) is 3.71. The van der Waals surface area contributed by atoms with Gasteiger partial charge in [0.2, 0.25) is 15.9 Å². The Morgan fingerprint density at radius 3 is 2.60 bits per heavy atom. The molecule has 25 heavy (non-hydrogen) atoms. The topological polar surface area (TPSA) is 68.3 Å². The van der Waals surface area contributed by atoms with Crippen LogP contribution in [-0.4, -0.2) is 25.5 Å². The Morgan fingerprint density at radius 2 is 1.92 bits per heavy atom. The summed E-state index contributed by atoms with van der Waals surface area (Å²) in [6.07, 6.45) is 4.81. The maximum atomic E-state index is 12.6. The van der Waals surface area contributed by atoms with Gasteiger partial charge in [-0.2, -0.15) is 0 Å². The molecule has 5 nitrogen and oxygen atoms in total. The number of aryl methyl sites for hydroxylation is 1. The highest BCUT2D eigenvalue weighted by atomic mass is 35.5. The van der Waals surface area contributed by atoms with E-state index in [1.807, 2.05) is 18.2 Å². The molecule has 0 saturated heterocycles. The smallest absolute Gasteiger partial charge is 0.241 e. The average Bonchev–Trinajstić information content (AvgIpc) is 2.59. The van der Waals surface area contributed by atoms with Crippen molar-refractivity contribution in [3.05, 3.63) is 53.2 Å². The van der Waals surface area contributed by atoms with Gasteiger partial charge in [-0.15, -0.1) is 0 Å². The van der Waals surface area contributed by atoms with E-state index in [4.69, 9.17) is 16.3 Å². The average molecular weight is 381 g/mol. The van der Waals surface area contributed by atoms with Crippen molar-refractivity contribution in [1.29, 1.82) is 0 Å². The molecule has 0 unspecified atom stereocenters. The van der Waals surface area contributed by atoms with Crippen molar-refractivity contribution in [3.63, 3.8) is 0 Å². The summed E-state index contributed by atoms with van der Waals surface area (Å²) in [4.78, 5) is 4.41. The van der Waals surface area contributed by atoms with E-state index in [2.05, 4.69) is 9.71 Å². The molecule has 3 rings (SSSR count). The Morgan fingerprint density at radius 1 is 1.16 bits per heavy atom. The molecular weight excluding hydrogens is 360 g/mol. The van der Waals surface area contributed by atoms with Crippen LogP contribution in [-0.2, 0) is 10.0 Å². The van der Waals surface area contributed by atoms with E-state index < -0.39 is 10.0 Å². The number of pyridine rings is 1. The van der Waals surface area contributed by atoms with Crippen LogP contribution in [0.2, 0.25) is 5.02 Å². The fourth-order valence-corrected chi connectivity index (χ4v) is 4.84. The van der Waals surface area contributed by atoms with Crippen LogP contribution in [0.1, 0.15) is 31.2 Å². The standard InChI is InChI=1S/C18H21ClN2O3S/c1-13-5-6-14(19)12-17(13)25(22,23)21-15-7-9-16(10-8-15)24-18-4-2-3-11-20-18/h2-6,11-12,15-16,21H,7-10H2,1H3. The first-order chi connectivity index (χ1) is 11.9. The maximum absolute atomic E-state index is 12.6. The third kappa shape index (κ3) is 4.71. The van der Waals surface area contributed by atoms with Crippen LogP contribution in [0.4, 0.5) is 0 Å². The summed E-state index contributed by atoms with van der Waals surface area (Å²) >= 11 is 5.95. The van der Waals surface area contributed by atoms with E-state index in [9.17, 15) is 8.42 Å². The van der Waals surface area contributed by atoms with Crippen molar-refractivity contribution < 1.29 is 13.2 Å². The van der Waals surface area contributed by atoms with Crippen molar-refractivity contribution >= 4 is 21.6 Å². The van der Waals surface area contributed by atoms with Crippen LogP contribution >= 0.6 is 11.6 Å². The molecule has 0 atom stereocenters. The lowest BCUT2D eigenvalue weighted by molar-refractivity contribution is 0.138. The zero-order valence-electron chi connectivity index (χ0n) is 14.0. The van der Waals surface area contributed by atoms with E-state index in [1.54, 1.807) is 25.3 Å². The Bertz CT molecular complexity index is 819. The van der Waals surface area contributed by atoms with E-state index in [1.165, 1.54) is 6.07 Å². The molecule has 1 saturated carbocycles. The number of hydrogen-bond acceptors (Lipinski definition) is 4. The summed E-state index contributed by atoms with van der Waals surface area (Å²) in [6, 6.07) is 10.4. The minimum atomic E-state index is -3.58. The van der Waals surface area contributed by atoms with Crippen molar-refractivity contribution in [3.8, 4) is 5.88 Å². The van der Waals surface area contributed by atoms with Gasteiger partial charge in [0.15, 0.2) is 0 Å². The predicted molar refractivity (Wildman–Crippen MR) is 97.4 cm³/mol. The SMILES string of the molecule is Cc1ccc(Cl)cc1S(=O)(=O)NC1CCC(Oc2ccccn2)CC1. The molecule has 1 N–H and O–H groups in total. The molecule has 1 aliphatic carbocycles. The summed E-state index contributed by atoms with van der Waals surface area (Å²) in [5.74, 6) is 0.612. The number of nitrogens with zero attached hydrogens (tertiary/aromatic N) is 1. The first-order valence-corrected chi connectivity index (χ1v) is 10.2. The van der Waals surface area contributed by atoms with Gasteiger partial charge in [0.25, 0.3) is 0 Å². The summed E-state index contributed by atoms with van der Waals surface area (Å²) in [5.41, 5.74) is 0.684. The van der Waals surface area contributed by atoms with Gasteiger partial charge in [-0.3, -0.25) is 0 Å². The molecule has 1 fully saturated rings. The number of halogens is 1. The zero-order valence-corrected chi connectivity index (χ0v) is 15.6. The van der Waals surface area contributed by atoms with Crippen LogP contribution < -0.4 is 9.46 Å². The molecule has 1 aliphatic rings. The minimum Gasteiger partial charge on any atom is -0.474 e. The lowest BCUT2D eigenvalue weighted by Crippen LogP contribution is -2.39. The van der Waals surface area contributed by atoms with Crippen molar-refractivity contribution in [1.82, 2.24) is 9.71 Å². The zero-order chi connectivity index (χ0) is 17.9. The highest BCUT2D eigenvalue weighted by Gasteiger charge is 2.27. The molecule has 0 bridgehead atoms. The largest absolute Gasteiger partial charge is 0.474 e. The Hall–Kier alpha value is -1.63. The quantitative estimate of drug-likeness (QED) is 0.858. The first kappa shape index (κ1) is 18.2. The van der Waals surface area contributed by atoms with Crippen molar-refractivity contribution in [2.45, 2.75) is 49.6 Å². The highest BCUT2D eigenvalue weighted by molar-refractivity contribution is 7.89. The van der Waals surface area contributed by atoms with E-state index in [-0.39, 0.29) is 17.0 Å². The summed E-state index contributed by atoms with van der Waals surface area (Å²) in [5, 5.41) is 0.415. The van der Waals surface area contributed by atoms with Gasteiger partial charge in [-0.05, 0) is 56.4 Å². The number of aromatic nitrogens is 1. The number of ether oxygens (including phenoxy) is 1. The third-order valence-corrected chi connectivity index (χ3v) is 6.26. The molecule has 0 spiro atoms. The molecule has 134 valence electrons. The molecular formula is C18H21ClN2O3S. The van der Waals surface area contributed by atoms with Gasteiger partial charge in [0, 0.05) is 23.3 Å². The van der Waals surface area contributed by atoms with E-state index in [0.717, 1.165) is 25.7 Å². The normalized spacial score (nSPS) is 21.0. The minimum absolute atomic E-state index is 0.0727. The Balaban J connectivity index is 1.59. The fourth-order valence-electron chi connectivity index (χ4n) is 3.03. The number of sulfonamides is 1. The van der Waals surface area contributed by atoms with Gasteiger partial charge in [0.05, 0.1) is 4.90 Å². The van der Waals surface area contributed by atoms with Crippen LogP contribution in [0.3, 0.4) is 0 Å². The van der Waals surface area contributed by atoms with Gasteiger partial charge < -0.3 is 4.74 Å². The summed E-state index contributed by atoms with van der Waals surface area (Å²) in [7, 11) is -3.58. The number of rotatable bonds is 5. The second-order valence-electron chi connectivity index (χ2n) is 6.29. The van der Waals surface area contributed by atoms with Crippen LogP contribution in [0.5, 0.6) is 5.88 Å². The lowest BCUT2D eigenvalue weighted by Gasteiger charge is -2.29. The number of hydrogen-bond donors (Lipinski definition) is 1. The van der Waals surface area contributed by atoms with E-state index in [0.29, 0.717) is 16.5 Å². The summed E-state index contributed by atoms with van der Waals surface area (Å²) < 4.78 is 33.9. The van der Waals surface area contributed by atoms with Crippen molar-refractivity contribution in [2.75, 3.05) is 0 Å². The van der Waals surface area contributed by atoms with Crippen LogP contribution in [0.25, 0.3) is 0 Å². The van der Waals surface area contributed by atoms with E-state index >= 15 is 0 Å². The van der Waals surface area contributed by atoms with Gasteiger partial charge >= 0.3 is 0 Å². The van der Waals surface area contributed by atoms with Gasteiger partial charge in [0.1, 0.15) is 6.10 Å². The Kier molecular flexibility index (Phi) is 5.61. The molecule has 1 aromatic heterocycles. The molecule has 0 radical (unpaired) electrons. The second-order valence-corrected chi connectivity index (χ2v) is 8.41. The fraction of sp³-hybridized carbons (Fsp3) is 0.389. The molecule has 2 aromatic rings. The van der Waals surface area contributed by atoms with Crippen LogP contribution in [0, 0.1) is 6.92 Å². The first-order valence-electron chi connectivity index (χ1n) is 8.30. The highest BCUT2D eigenvalue weighted by Crippen LogP contribution is 2.25. The van der Waals surface area contributed by atoms with Gasteiger partial charge in [-0.25, -0.2) is 18.1 Å². The lowest BCUT2D eigenvalue weighted by atomic mass is 9.94. The van der Waals surface area contributed by atoms with Gasteiger partial charge in [-0.1, -0.05) is 23.7 Å². The molecule has 0 amide bonds. The molecule has 7 heteroatoms. The third-order valence-electron chi connectivity index (χ3n) is 4.36.